The van der Waals surface area contributed by atoms with Crippen molar-refractivity contribution in [2.45, 2.75) is 18.9 Å². The molecule has 4 heterocycles. The SMILES string of the molecule is C=CC(=O)NC1CCCOc2c(cnn2C)-c2cc(cnn2)C(=O)/N=C2\Nc3ccccc3N2C1. The zero-order chi connectivity index (χ0) is 24.4. The normalized spacial score (nSPS) is 18.9. The van der Waals surface area contributed by atoms with E-state index in [1.807, 2.05) is 29.2 Å². The molecular formula is C24H24N8O3. The largest absolute Gasteiger partial charge is 0.477 e. The number of amides is 2. The molecule has 2 aliphatic rings. The highest BCUT2D eigenvalue weighted by atomic mass is 16.5. The van der Waals surface area contributed by atoms with Crippen LogP contribution in [0.5, 0.6) is 5.88 Å². The fraction of sp³-hybridized carbons (Fsp3) is 0.250. The quantitative estimate of drug-likeness (QED) is 0.544. The Bertz CT molecular complexity index is 1330. The topological polar surface area (TPSA) is 127 Å². The van der Waals surface area contributed by atoms with Gasteiger partial charge in [0.15, 0.2) is 0 Å². The van der Waals surface area contributed by atoms with Gasteiger partial charge in [0.1, 0.15) is 5.69 Å². The van der Waals surface area contributed by atoms with Crippen LogP contribution in [-0.4, -0.2) is 56.9 Å². The summed E-state index contributed by atoms with van der Waals surface area (Å²) in [5.74, 6) is 0.147. The first-order chi connectivity index (χ1) is 17.0. The monoisotopic (exact) mass is 472 g/mol. The lowest BCUT2D eigenvalue weighted by atomic mass is 10.1. The number of para-hydroxylation sites is 2. The number of rotatable bonds is 2. The van der Waals surface area contributed by atoms with E-state index in [0.29, 0.717) is 49.1 Å². The maximum Gasteiger partial charge on any atom is 0.281 e. The molecule has 0 aliphatic carbocycles. The van der Waals surface area contributed by atoms with Gasteiger partial charge in [0.2, 0.25) is 17.7 Å². The number of carbonyl (C=O) groups excluding carboxylic acids is 2. The number of aryl methyl sites for hydroxylation is 1. The molecule has 0 saturated heterocycles. The van der Waals surface area contributed by atoms with E-state index >= 15 is 0 Å². The van der Waals surface area contributed by atoms with Crippen LogP contribution in [0.15, 0.2) is 60.4 Å². The molecule has 2 amide bonds. The Kier molecular flexibility index (Phi) is 5.96. The van der Waals surface area contributed by atoms with E-state index in [-0.39, 0.29) is 17.5 Å². The molecular weight excluding hydrogens is 448 g/mol. The highest BCUT2D eigenvalue weighted by molar-refractivity contribution is 6.19. The zero-order valence-corrected chi connectivity index (χ0v) is 19.1. The van der Waals surface area contributed by atoms with Crippen LogP contribution in [0.2, 0.25) is 0 Å². The molecule has 11 heteroatoms. The molecule has 1 atom stereocenters. The Morgan fingerprint density at radius 1 is 1.31 bits per heavy atom. The smallest absolute Gasteiger partial charge is 0.281 e. The van der Waals surface area contributed by atoms with Gasteiger partial charge in [0.05, 0.1) is 41.5 Å². The summed E-state index contributed by atoms with van der Waals surface area (Å²) in [6.07, 6.45) is 5.54. The second kappa shape index (κ2) is 9.37. The number of aliphatic imine (C=N–C) groups is 1. The molecule has 35 heavy (non-hydrogen) atoms. The molecule has 5 rings (SSSR count). The molecule has 0 spiro atoms. The summed E-state index contributed by atoms with van der Waals surface area (Å²) in [5.41, 5.74) is 3.06. The summed E-state index contributed by atoms with van der Waals surface area (Å²) in [6.45, 7) is 4.36. The Morgan fingerprint density at radius 3 is 3.03 bits per heavy atom. The van der Waals surface area contributed by atoms with Crippen LogP contribution in [0, 0.1) is 0 Å². The van der Waals surface area contributed by atoms with Gasteiger partial charge in [-0.05, 0) is 37.1 Å². The Morgan fingerprint density at radius 2 is 2.17 bits per heavy atom. The summed E-state index contributed by atoms with van der Waals surface area (Å²) in [6, 6.07) is 9.04. The molecule has 1 unspecified atom stereocenters. The molecule has 11 nitrogen and oxygen atoms in total. The van der Waals surface area contributed by atoms with Gasteiger partial charge >= 0.3 is 0 Å². The second-order valence-electron chi connectivity index (χ2n) is 8.21. The van der Waals surface area contributed by atoms with Crippen molar-refractivity contribution in [1.29, 1.82) is 0 Å². The third kappa shape index (κ3) is 4.47. The number of anilines is 2. The summed E-state index contributed by atoms with van der Waals surface area (Å²) in [7, 11) is 1.77. The van der Waals surface area contributed by atoms with E-state index in [9.17, 15) is 9.59 Å². The minimum absolute atomic E-state index is 0.252. The van der Waals surface area contributed by atoms with Gasteiger partial charge in [-0.1, -0.05) is 18.7 Å². The molecule has 2 N–H and O–H groups in total. The molecule has 178 valence electrons. The highest BCUT2D eigenvalue weighted by Crippen LogP contribution is 2.33. The zero-order valence-electron chi connectivity index (χ0n) is 19.1. The summed E-state index contributed by atoms with van der Waals surface area (Å²) < 4.78 is 7.65. The third-order valence-electron chi connectivity index (χ3n) is 5.84. The van der Waals surface area contributed by atoms with Crippen LogP contribution in [0.3, 0.4) is 0 Å². The second-order valence-corrected chi connectivity index (χ2v) is 8.21. The van der Waals surface area contributed by atoms with Crippen molar-refractivity contribution in [3.63, 3.8) is 0 Å². The number of fused-ring (bicyclic) bond motifs is 7. The van der Waals surface area contributed by atoms with Crippen LogP contribution in [0.4, 0.5) is 11.4 Å². The van der Waals surface area contributed by atoms with Gasteiger partial charge in [-0.25, -0.2) is 4.68 Å². The Hall–Kier alpha value is -4.54. The van der Waals surface area contributed by atoms with Crippen molar-refractivity contribution in [3.8, 4) is 17.1 Å². The van der Waals surface area contributed by atoms with Gasteiger partial charge in [0, 0.05) is 19.6 Å². The van der Waals surface area contributed by atoms with Gasteiger partial charge in [-0.3, -0.25) is 9.59 Å². The van der Waals surface area contributed by atoms with E-state index in [1.54, 1.807) is 24.0 Å². The van der Waals surface area contributed by atoms with Crippen molar-refractivity contribution in [1.82, 2.24) is 25.3 Å². The summed E-state index contributed by atoms with van der Waals surface area (Å²) in [4.78, 5) is 31.6. The number of benzene rings is 1. The van der Waals surface area contributed by atoms with Crippen molar-refractivity contribution in [2.75, 3.05) is 23.4 Å². The fourth-order valence-electron chi connectivity index (χ4n) is 4.13. The average molecular weight is 473 g/mol. The van der Waals surface area contributed by atoms with E-state index < -0.39 is 5.91 Å². The number of nitrogens with one attached hydrogen (secondary N) is 2. The van der Waals surface area contributed by atoms with Gasteiger partial charge in [0.25, 0.3) is 5.91 Å². The highest BCUT2D eigenvalue weighted by Gasteiger charge is 2.29. The summed E-state index contributed by atoms with van der Waals surface area (Å²) in [5, 5.41) is 18.7. The van der Waals surface area contributed by atoms with Gasteiger partial charge in [-0.2, -0.15) is 20.3 Å². The number of hydrogen-bond donors (Lipinski definition) is 2. The molecule has 3 aromatic rings. The van der Waals surface area contributed by atoms with Crippen LogP contribution < -0.4 is 20.3 Å². The first-order valence-electron chi connectivity index (χ1n) is 11.2. The van der Waals surface area contributed by atoms with E-state index in [2.05, 4.69) is 37.5 Å². The molecule has 2 aliphatic heterocycles. The van der Waals surface area contributed by atoms with E-state index in [0.717, 1.165) is 11.4 Å². The molecule has 1 aromatic carbocycles. The predicted octanol–water partition coefficient (Wildman–Crippen LogP) is 2.15. The minimum atomic E-state index is -0.477. The molecule has 0 radical (unpaired) electrons. The number of carbonyl (C=O) groups is 2. The van der Waals surface area contributed by atoms with Crippen LogP contribution in [-0.2, 0) is 11.8 Å². The number of nitrogens with zero attached hydrogens (tertiary/aromatic N) is 6. The lowest BCUT2D eigenvalue weighted by Gasteiger charge is -2.26. The van der Waals surface area contributed by atoms with Gasteiger partial charge < -0.3 is 20.3 Å². The molecule has 0 saturated carbocycles. The van der Waals surface area contributed by atoms with Crippen molar-refractivity contribution in [3.05, 3.63) is 60.9 Å². The number of aromatic nitrogens is 4. The van der Waals surface area contributed by atoms with E-state index in [1.165, 1.54) is 12.3 Å². The lowest BCUT2D eigenvalue weighted by molar-refractivity contribution is -0.117. The fourth-order valence-corrected chi connectivity index (χ4v) is 4.13. The van der Waals surface area contributed by atoms with Crippen LogP contribution >= 0.6 is 0 Å². The number of hydrogen-bond acceptors (Lipinski definition) is 8. The molecule has 2 bridgehead atoms. The van der Waals surface area contributed by atoms with Crippen LogP contribution in [0.1, 0.15) is 23.2 Å². The van der Waals surface area contributed by atoms with Crippen molar-refractivity contribution in [2.24, 2.45) is 12.0 Å². The molecule has 0 fully saturated rings. The summed E-state index contributed by atoms with van der Waals surface area (Å²) >= 11 is 0. The first-order valence-corrected chi connectivity index (χ1v) is 11.2. The molecule has 2 aromatic heterocycles. The minimum Gasteiger partial charge on any atom is -0.477 e. The predicted molar refractivity (Wildman–Crippen MR) is 130 cm³/mol. The maximum absolute atomic E-state index is 13.2. The van der Waals surface area contributed by atoms with Crippen molar-refractivity contribution < 1.29 is 14.3 Å². The average Bonchev–Trinajstić information content (AvgIpc) is 3.40. The number of ether oxygens (including phenoxy) is 1. The maximum atomic E-state index is 13.2. The Balaban J connectivity index is 1.57. The van der Waals surface area contributed by atoms with Gasteiger partial charge in [-0.15, -0.1) is 0 Å². The number of guanidine groups is 1. The third-order valence-corrected chi connectivity index (χ3v) is 5.84. The lowest BCUT2D eigenvalue weighted by Crippen LogP contribution is -2.45. The Labute approximate surface area is 201 Å². The van der Waals surface area contributed by atoms with Crippen LogP contribution in [0.25, 0.3) is 11.3 Å². The van der Waals surface area contributed by atoms with Crippen molar-refractivity contribution >= 4 is 29.1 Å². The first kappa shape index (κ1) is 22.3. The standard InChI is InChI=1S/C24H24N8O3/c1-3-21(33)27-16-7-6-10-35-23-17(13-26-31(23)2)19-11-15(12-25-30-19)22(34)29-24-28-18-8-4-5-9-20(18)32(24)14-16/h3-5,8-9,11-13,16H,1,6-7,10,14H2,2H3,(H,27,33)(H,28,29,34). The van der Waals surface area contributed by atoms with E-state index in [4.69, 9.17) is 4.74 Å².